The molecule has 0 aromatic heterocycles. The summed E-state index contributed by atoms with van der Waals surface area (Å²) in [5, 5.41) is 0. The second-order valence-electron chi connectivity index (χ2n) is 3.01. The number of sulfonamides is 1. The minimum absolute atomic E-state index is 0.292. The fraction of sp³-hybridized carbons (Fsp3) is 0.333. The Morgan fingerprint density at radius 3 is 2.14 bits per heavy atom. The van der Waals surface area contributed by atoms with Crippen LogP contribution in [-0.4, -0.2) is 26.9 Å². The number of hydrogen-bond acceptors (Lipinski definition) is 3. The number of hydrogen-bond donors (Lipinski definition) is 1. The first-order valence-electron chi connectivity index (χ1n) is 4.21. The summed E-state index contributed by atoms with van der Waals surface area (Å²) < 4.78 is 24.6. The van der Waals surface area contributed by atoms with Gasteiger partial charge in [0.15, 0.2) is 0 Å². The van der Waals surface area contributed by atoms with Gasteiger partial charge in [0.1, 0.15) is 0 Å². The van der Waals surface area contributed by atoms with Crippen LogP contribution in [0.5, 0.6) is 0 Å². The number of benzene rings is 1. The van der Waals surface area contributed by atoms with Crippen molar-refractivity contribution in [1.29, 1.82) is 0 Å². The SMILES string of the molecule is CNN(C)S(=O)(=O)c1ccc(C)cc1. The zero-order valence-electron chi connectivity index (χ0n) is 8.48. The van der Waals surface area contributed by atoms with Crippen LogP contribution in [0.1, 0.15) is 5.56 Å². The molecule has 0 heterocycles. The van der Waals surface area contributed by atoms with E-state index in [0.29, 0.717) is 4.90 Å². The second-order valence-corrected chi connectivity index (χ2v) is 4.98. The summed E-state index contributed by atoms with van der Waals surface area (Å²) in [6, 6.07) is 6.74. The lowest BCUT2D eigenvalue weighted by Crippen LogP contribution is -2.36. The smallest absolute Gasteiger partial charge is 0.245 e. The maximum atomic E-state index is 11.7. The van der Waals surface area contributed by atoms with Crippen molar-refractivity contribution in [3.63, 3.8) is 0 Å². The number of hydrazine groups is 1. The predicted octanol–water partition coefficient (Wildman–Crippen LogP) is 0.750. The molecule has 0 amide bonds. The van der Waals surface area contributed by atoms with Crippen molar-refractivity contribution in [1.82, 2.24) is 9.84 Å². The molecule has 0 unspecified atom stereocenters. The number of nitrogens with zero attached hydrogens (tertiary/aromatic N) is 1. The molecule has 0 aliphatic rings. The van der Waals surface area contributed by atoms with E-state index in [2.05, 4.69) is 5.43 Å². The van der Waals surface area contributed by atoms with Gasteiger partial charge in [0.25, 0.3) is 10.0 Å². The van der Waals surface area contributed by atoms with Crippen molar-refractivity contribution < 1.29 is 8.42 Å². The molecule has 1 aromatic rings. The fourth-order valence-electron chi connectivity index (χ4n) is 0.989. The van der Waals surface area contributed by atoms with E-state index in [1.54, 1.807) is 31.3 Å². The highest BCUT2D eigenvalue weighted by Gasteiger charge is 2.18. The first-order chi connectivity index (χ1) is 6.48. The van der Waals surface area contributed by atoms with Crippen molar-refractivity contribution in [3.05, 3.63) is 29.8 Å². The van der Waals surface area contributed by atoms with Crippen molar-refractivity contribution in [3.8, 4) is 0 Å². The van der Waals surface area contributed by atoms with Crippen LogP contribution in [0.2, 0.25) is 0 Å². The molecular weight excluding hydrogens is 200 g/mol. The van der Waals surface area contributed by atoms with E-state index in [9.17, 15) is 8.42 Å². The van der Waals surface area contributed by atoms with Gasteiger partial charge < -0.3 is 0 Å². The Balaban J connectivity index is 3.11. The third kappa shape index (κ3) is 2.12. The molecule has 5 heteroatoms. The van der Waals surface area contributed by atoms with Crippen molar-refractivity contribution in [2.24, 2.45) is 0 Å². The lowest BCUT2D eigenvalue weighted by Gasteiger charge is -2.15. The van der Waals surface area contributed by atoms with Crippen LogP contribution in [0, 0.1) is 6.92 Å². The Bertz CT molecular complexity index is 397. The molecule has 1 rings (SSSR count). The van der Waals surface area contributed by atoms with Gasteiger partial charge in [-0.2, -0.15) is 0 Å². The lowest BCUT2D eigenvalue weighted by atomic mass is 10.2. The summed E-state index contributed by atoms with van der Waals surface area (Å²) in [5.41, 5.74) is 3.60. The normalized spacial score (nSPS) is 12.0. The highest BCUT2D eigenvalue weighted by molar-refractivity contribution is 7.89. The minimum Gasteiger partial charge on any atom is -0.245 e. The van der Waals surface area contributed by atoms with Gasteiger partial charge in [-0.1, -0.05) is 17.7 Å². The average Bonchev–Trinajstić information content (AvgIpc) is 2.17. The van der Waals surface area contributed by atoms with Gasteiger partial charge in [0, 0.05) is 7.05 Å². The van der Waals surface area contributed by atoms with Gasteiger partial charge in [-0.05, 0) is 26.1 Å². The van der Waals surface area contributed by atoms with Crippen LogP contribution in [0.4, 0.5) is 0 Å². The monoisotopic (exact) mass is 214 g/mol. The van der Waals surface area contributed by atoms with Crippen LogP contribution in [0.3, 0.4) is 0 Å². The van der Waals surface area contributed by atoms with Gasteiger partial charge in [0.2, 0.25) is 0 Å². The Morgan fingerprint density at radius 2 is 1.71 bits per heavy atom. The average molecular weight is 214 g/mol. The van der Waals surface area contributed by atoms with Crippen LogP contribution >= 0.6 is 0 Å². The number of aryl methyl sites for hydroxylation is 1. The molecule has 4 nitrogen and oxygen atoms in total. The van der Waals surface area contributed by atoms with Gasteiger partial charge >= 0.3 is 0 Å². The summed E-state index contributed by atoms with van der Waals surface area (Å²) in [6.07, 6.45) is 0. The van der Waals surface area contributed by atoms with E-state index in [1.807, 2.05) is 6.92 Å². The molecule has 14 heavy (non-hydrogen) atoms. The molecule has 1 N–H and O–H groups in total. The fourth-order valence-corrected chi connectivity index (χ4v) is 2.03. The third-order valence-electron chi connectivity index (χ3n) is 1.99. The Labute approximate surface area is 84.6 Å². The van der Waals surface area contributed by atoms with Gasteiger partial charge in [-0.15, -0.1) is 4.41 Å². The highest BCUT2D eigenvalue weighted by atomic mass is 32.2. The largest absolute Gasteiger partial charge is 0.255 e. The molecule has 0 radical (unpaired) electrons. The maximum Gasteiger partial charge on any atom is 0.255 e. The Hall–Kier alpha value is -0.910. The minimum atomic E-state index is -3.38. The topological polar surface area (TPSA) is 49.4 Å². The highest BCUT2D eigenvalue weighted by Crippen LogP contribution is 2.12. The first kappa shape index (κ1) is 11.2. The van der Waals surface area contributed by atoms with Crippen LogP contribution in [0.15, 0.2) is 29.2 Å². The summed E-state index contributed by atoms with van der Waals surface area (Å²) in [4.78, 5) is 0.292. The van der Waals surface area contributed by atoms with Gasteiger partial charge in [-0.25, -0.2) is 13.8 Å². The van der Waals surface area contributed by atoms with Crippen LogP contribution < -0.4 is 5.43 Å². The standard InChI is InChI=1S/C9H14N2O2S/c1-8-4-6-9(7-5-8)14(12,13)11(3)10-2/h4-7,10H,1-3H3. The maximum absolute atomic E-state index is 11.7. The summed E-state index contributed by atoms with van der Waals surface area (Å²) in [7, 11) is -0.355. The zero-order valence-corrected chi connectivity index (χ0v) is 9.30. The second kappa shape index (κ2) is 4.08. The lowest BCUT2D eigenvalue weighted by molar-refractivity contribution is 0.403. The zero-order chi connectivity index (χ0) is 10.8. The number of rotatable bonds is 3. The molecule has 0 bridgehead atoms. The molecule has 0 spiro atoms. The van der Waals surface area contributed by atoms with Crippen molar-refractivity contribution in [2.75, 3.05) is 14.1 Å². The van der Waals surface area contributed by atoms with Crippen molar-refractivity contribution in [2.45, 2.75) is 11.8 Å². The number of nitrogens with one attached hydrogen (secondary N) is 1. The molecule has 0 fully saturated rings. The van der Waals surface area contributed by atoms with E-state index in [-0.39, 0.29) is 0 Å². The molecular formula is C9H14N2O2S. The molecule has 1 aromatic carbocycles. The Morgan fingerprint density at radius 1 is 1.21 bits per heavy atom. The van der Waals surface area contributed by atoms with Crippen LogP contribution in [-0.2, 0) is 10.0 Å². The quantitative estimate of drug-likeness (QED) is 0.755. The van der Waals surface area contributed by atoms with Gasteiger partial charge in [-0.3, -0.25) is 0 Å². The molecule has 78 valence electrons. The van der Waals surface area contributed by atoms with E-state index >= 15 is 0 Å². The summed E-state index contributed by atoms with van der Waals surface area (Å²) >= 11 is 0. The molecule has 0 aliphatic heterocycles. The molecule has 0 atom stereocenters. The van der Waals surface area contributed by atoms with E-state index in [4.69, 9.17) is 0 Å². The van der Waals surface area contributed by atoms with Crippen LogP contribution in [0.25, 0.3) is 0 Å². The van der Waals surface area contributed by atoms with E-state index < -0.39 is 10.0 Å². The summed E-state index contributed by atoms with van der Waals surface area (Å²) in [6.45, 7) is 1.91. The van der Waals surface area contributed by atoms with Crippen molar-refractivity contribution >= 4 is 10.0 Å². The summed E-state index contributed by atoms with van der Waals surface area (Å²) in [5.74, 6) is 0. The first-order valence-corrected chi connectivity index (χ1v) is 5.65. The molecule has 0 saturated heterocycles. The Kier molecular flexibility index (Phi) is 3.25. The van der Waals surface area contributed by atoms with Gasteiger partial charge in [0.05, 0.1) is 4.90 Å². The predicted molar refractivity (Wildman–Crippen MR) is 55.2 cm³/mol. The molecule has 0 saturated carbocycles. The third-order valence-corrected chi connectivity index (χ3v) is 3.77. The van der Waals surface area contributed by atoms with E-state index in [0.717, 1.165) is 9.98 Å². The van der Waals surface area contributed by atoms with E-state index in [1.165, 1.54) is 7.05 Å². The molecule has 0 aliphatic carbocycles.